The van der Waals surface area contributed by atoms with E-state index in [9.17, 15) is 4.79 Å². The topological polar surface area (TPSA) is 44.4 Å². The van der Waals surface area contributed by atoms with E-state index in [0.717, 1.165) is 17.0 Å². The molecule has 0 saturated carbocycles. The van der Waals surface area contributed by atoms with Gasteiger partial charge in [-0.1, -0.05) is 18.2 Å². The van der Waals surface area contributed by atoms with Crippen molar-refractivity contribution in [2.75, 3.05) is 0 Å². The maximum absolute atomic E-state index is 12.4. The smallest absolute Gasteiger partial charge is 0.185 e. The molecule has 0 atom stereocenters. The van der Waals surface area contributed by atoms with Gasteiger partial charge in [-0.25, -0.2) is 0 Å². The summed E-state index contributed by atoms with van der Waals surface area (Å²) in [6.07, 6.45) is 7.14. The summed E-state index contributed by atoms with van der Waals surface area (Å²) < 4.78 is 13.5. The number of aromatic nitrogens is 1. The molecule has 0 aliphatic carbocycles. The van der Waals surface area contributed by atoms with E-state index in [4.69, 9.17) is 9.15 Å². The Bertz CT molecular complexity index is 1120. The van der Waals surface area contributed by atoms with Crippen molar-refractivity contribution in [2.24, 2.45) is 0 Å². The van der Waals surface area contributed by atoms with Gasteiger partial charge in [0.1, 0.15) is 23.9 Å². The van der Waals surface area contributed by atoms with Gasteiger partial charge < -0.3 is 13.7 Å². The van der Waals surface area contributed by atoms with E-state index in [1.807, 2.05) is 96.7 Å². The number of aryl methyl sites for hydroxylation is 1. The van der Waals surface area contributed by atoms with Gasteiger partial charge in [-0.2, -0.15) is 0 Å². The Kier molecular flexibility index (Phi) is 5.43. The SMILES string of the molecule is Cc1ccccc1OCc1ccc(/C=C/C(=O)c2ccc(-n3cccc3)cc2)o1. The largest absolute Gasteiger partial charge is 0.485 e. The number of carbonyl (C=O) groups excluding carboxylic acids is 1. The lowest BCUT2D eigenvalue weighted by Gasteiger charge is -2.06. The number of para-hydroxylation sites is 1. The van der Waals surface area contributed by atoms with E-state index < -0.39 is 0 Å². The lowest BCUT2D eigenvalue weighted by molar-refractivity contribution is 0.104. The Hall–Kier alpha value is -3.79. The van der Waals surface area contributed by atoms with Gasteiger partial charge in [-0.3, -0.25) is 4.79 Å². The van der Waals surface area contributed by atoms with Gasteiger partial charge in [-0.15, -0.1) is 0 Å². The van der Waals surface area contributed by atoms with Crippen molar-refractivity contribution in [1.82, 2.24) is 4.57 Å². The van der Waals surface area contributed by atoms with Crippen LogP contribution in [0.5, 0.6) is 5.75 Å². The van der Waals surface area contributed by atoms with Crippen LogP contribution in [0.15, 0.2) is 95.7 Å². The van der Waals surface area contributed by atoms with Crippen LogP contribution >= 0.6 is 0 Å². The molecule has 0 N–H and O–H groups in total. The number of benzene rings is 2. The number of nitrogens with zero attached hydrogens (tertiary/aromatic N) is 1. The molecule has 0 amide bonds. The predicted octanol–water partition coefficient (Wildman–Crippen LogP) is 5.85. The number of furan rings is 1. The Labute approximate surface area is 169 Å². The summed E-state index contributed by atoms with van der Waals surface area (Å²) in [7, 11) is 0. The van der Waals surface area contributed by atoms with Gasteiger partial charge in [0.25, 0.3) is 0 Å². The van der Waals surface area contributed by atoms with Crippen molar-refractivity contribution in [3.05, 3.63) is 114 Å². The first-order chi connectivity index (χ1) is 14.2. The van der Waals surface area contributed by atoms with Crippen LogP contribution in [0.1, 0.15) is 27.4 Å². The van der Waals surface area contributed by atoms with Crippen LogP contribution in [0, 0.1) is 6.92 Å². The third-order valence-electron chi connectivity index (χ3n) is 4.60. The summed E-state index contributed by atoms with van der Waals surface area (Å²) in [6.45, 7) is 2.34. The maximum atomic E-state index is 12.4. The molecule has 29 heavy (non-hydrogen) atoms. The molecule has 2 heterocycles. The number of ketones is 1. The number of carbonyl (C=O) groups is 1. The minimum Gasteiger partial charge on any atom is -0.485 e. The molecule has 4 heteroatoms. The average Bonchev–Trinajstić information content (AvgIpc) is 3.44. The first-order valence-electron chi connectivity index (χ1n) is 9.42. The summed E-state index contributed by atoms with van der Waals surface area (Å²) in [6, 6.07) is 23.0. The summed E-state index contributed by atoms with van der Waals surface area (Å²) >= 11 is 0. The van der Waals surface area contributed by atoms with Crippen molar-refractivity contribution < 1.29 is 13.9 Å². The van der Waals surface area contributed by atoms with Gasteiger partial charge >= 0.3 is 0 Å². The minimum absolute atomic E-state index is 0.0711. The Balaban J connectivity index is 1.36. The molecular weight excluding hydrogens is 362 g/mol. The lowest BCUT2D eigenvalue weighted by Crippen LogP contribution is -1.96. The molecule has 144 valence electrons. The van der Waals surface area contributed by atoms with E-state index in [2.05, 4.69) is 0 Å². The van der Waals surface area contributed by atoms with Crippen molar-refractivity contribution in [3.8, 4) is 11.4 Å². The maximum Gasteiger partial charge on any atom is 0.185 e. The molecule has 0 bridgehead atoms. The Morgan fingerprint density at radius 1 is 0.966 bits per heavy atom. The van der Waals surface area contributed by atoms with Crippen LogP contribution in [0.2, 0.25) is 0 Å². The number of ether oxygens (including phenoxy) is 1. The van der Waals surface area contributed by atoms with E-state index in [1.165, 1.54) is 6.08 Å². The van der Waals surface area contributed by atoms with Crippen molar-refractivity contribution in [1.29, 1.82) is 0 Å². The standard InChI is InChI=1S/C25H21NO3/c1-19-6-2-3-7-25(19)28-18-23-13-12-22(29-23)14-15-24(27)20-8-10-21(11-9-20)26-16-4-5-17-26/h2-17H,18H2,1H3/b15-14+. The van der Waals surface area contributed by atoms with Gasteiger partial charge in [0.2, 0.25) is 0 Å². The Morgan fingerprint density at radius 2 is 1.72 bits per heavy atom. The molecule has 0 radical (unpaired) electrons. The number of allylic oxidation sites excluding steroid dienone is 1. The van der Waals surface area contributed by atoms with Gasteiger partial charge in [-0.05, 0) is 79.2 Å². The second kappa shape index (κ2) is 8.48. The highest BCUT2D eigenvalue weighted by Crippen LogP contribution is 2.19. The molecule has 0 aliphatic rings. The molecular formula is C25H21NO3. The Morgan fingerprint density at radius 3 is 2.48 bits per heavy atom. The summed E-state index contributed by atoms with van der Waals surface area (Å²) in [5, 5.41) is 0. The van der Waals surface area contributed by atoms with Crippen LogP contribution < -0.4 is 4.74 Å². The monoisotopic (exact) mass is 383 g/mol. The van der Waals surface area contributed by atoms with E-state index in [-0.39, 0.29) is 5.78 Å². The molecule has 4 aromatic rings. The van der Waals surface area contributed by atoms with Crippen LogP contribution in [0.4, 0.5) is 0 Å². The molecule has 4 nitrogen and oxygen atoms in total. The molecule has 2 aromatic heterocycles. The van der Waals surface area contributed by atoms with Gasteiger partial charge in [0.05, 0.1) is 0 Å². The molecule has 2 aromatic carbocycles. The zero-order valence-corrected chi connectivity index (χ0v) is 16.1. The van der Waals surface area contributed by atoms with Crippen molar-refractivity contribution >= 4 is 11.9 Å². The highest BCUT2D eigenvalue weighted by atomic mass is 16.5. The highest BCUT2D eigenvalue weighted by Gasteiger charge is 2.05. The molecule has 0 fully saturated rings. The number of rotatable bonds is 7. The second-order valence-electron chi connectivity index (χ2n) is 6.69. The van der Waals surface area contributed by atoms with E-state index in [0.29, 0.717) is 23.7 Å². The second-order valence-corrected chi connectivity index (χ2v) is 6.69. The molecule has 0 unspecified atom stereocenters. The third-order valence-corrected chi connectivity index (χ3v) is 4.60. The minimum atomic E-state index is -0.0711. The highest BCUT2D eigenvalue weighted by molar-refractivity contribution is 6.06. The van der Waals surface area contributed by atoms with Crippen LogP contribution in [0.3, 0.4) is 0 Å². The van der Waals surface area contributed by atoms with Crippen LogP contribution in [-0.2, 0) is 6.61 Å². The molecule has 4 rings (SSSR count). The number of hydrogen-bond acceptors (Lipinski definition) is 3. The fourth-order valence-electron chi connectivity index (χ4n) is 2.99. The predicted molar refractivity (Wildman–Crippen MR) is 113 cm³/mol. The van der Waals surface area contributed by atoms with Gasteiger partial charge in [0, 0.05) is 23.6 Å². The number of hydrogen-bond donors (Lipinski definition) is 0. The van der Waals surface area contributed by atoms with Crippen LogP contribution in [0.25, 0.3) is 11.8 Å². The third kappa shape index (κ3) is 4.55. The zero-order valence-electron chi connectivity index (χ0n) is 16.1. The van der Waals surface area contributed by atoms with Gasteiger partial charge in [0.15, 0.2) is 5.78 Å². The van der Waals surface area contributed by atoms with Crippen molar-refractivity contribution in [3.63, 3.8) is 0 Å². The first-order valence-corrected chi connectivity index (χ1v) is 9.42. The summed E-state index contributed by atoms with van der Waals surface area (Å²) in [4.78, 5) is 12.4. The first kappa shape index (κ1) is 18.6. The quantitative estimate of drug-likeness (QED) is 0.297. The zero-order chi connectivity index (χ0) is 20.1. The summed E-state index contributed by atoms with van der Waals surface area (Å²) in [5.74, 6) is 2.08. The summed E-state index contributed by atoms with van der Waals surface area (Å²) in [5.41, 5.74) is 2.72. The van der Waals surface area contributed by atoms with Crippen LogP contribution in [-0.4, -0.2) is 10.4 Å². The van der Waals surface area contributed by atoms with E-state index in [1.54, 1.807) is 6.08 Å². The van der Waals surface area contributed by atoms with E-state index >= 15 is 0 Å². The molecule has 0 spiro atoms. The average molecular weight is 383 g/mol. The fourth-order valence-corrected chi connectivity index (χ4v) is 2.99. The normalized spacial score (nSPS) is 11.1. The molecule has 0 saturated heterocycles. The molecule has 0 aliphatic heterocycles. The fraction of sp³-hybridized carbons (Fsp3) is 0.0800. The van der Waals surface area contributed by atoms with Crippen molar-refractivity contribution in [2.45, 2.75) is 13.5 Å². The lowest BCUT2D eigenvalue weighted by atomic mass is 10.1.